The molecule has 220 valence electrons. The van der Waals surface area contributed by atoms with Gasteiger partial charge in [0.1, 0.15) is 17.1 Å². The fourth-order valence-electron chi connectivity index (χ4n) is 4.21. The molecule has 5 aromatic rings. The van der Waals surface area contributed by atoms with Crippen LogP contribution in [0.5, 0.6) is 17.2 Å². The van der Waals surface area contributed by atoms with Crippen molar-refractivity contribution in [3.8, 4) is 17.2 Å². The zero-order chi connectivity index (χ0) is 30.9. The lowest BCUT2D eigenvalue weighted by atomic mass is 10.0. The van der Waals surface area contributed by atoms with E-state index in [1.54, 1.807) is 54.6 Å². The van der Waals surface area contributed by atoms with Crippen molar-refractivity contribution in [1.29, 1.82) is 0 Å². The summed E-state index contributed by atoms with van der Waals surface area (Å²) < 4.78 is 5.36. The minimum Gasteiger partial charge on any atom is -0.508 e. The molecule has 0 aliphatic heterocycles. The predicted octanol–water partition coefficient (Wildman–Crippen LogP) is 5.36. The van der Waals surface area contributed by atoms with Gasteiger partial charge in [-0.1, -0.05) is 36.4 Å². The van der Waals surface area contributed by atoms with Gasteiger partial charge in [0.15, 0.2) is 5.75 Å². The molecule has 0 saturated carbocycles. The Morgan fingerprint density at radius 1 is 0.837 bits per heavy atom. The van der Waals surface area contributed by atoms with Crippen molar-refractivity contribution in [2.75, 3.05) is 37.0 Å². The van der Waals surface area contributed by atoms with E-state index >= 15 is 0 Å². The minimum absolute atomic E-state index is 0.0396. The van der Waals surface area contributed by atoms with Gasteiger partial charge in [-0.3, -0.25) is 4.79 Å². The molecule has 43 heavy (non-hydrogen) atoms. The molecule has 0 radical (unpaired) electrons. The summed E-state index contributed by atoms with van der Waals surface area (Å²) in [6, 6.07) is 29.4. The molecule has 7 N–H and O–H groups in total. The molecule has 0 saturated heterocycles. The number of fused-ring (bicyclic) bond motifs is 1. The lowest BCUT2D eigenvalue weighted by Gasteiger charge is -2.11. The molecule has 0 aliphatic rings. The highest BCUT2D eigenvalue weighted by Gasteiger charge is 2.18. The molecule has 0 unspecified atom stereocenters. The summed E-state index contributed by atoms with van der Waals surface area (Å²) in [5.74, 6) is -0.916. The Morgan fingerprint density at radius 2 is 1.49 bits per heavy atom. The van der Waals surface area contributed by atoms with Crippen molar-refractivity contribution in [1.82, 2.24) is 5.32 Å². The Morgan fingerprint density at radius 3 is 2.14 bits per heavy atom. The maximum absolute atomic E-state index is 12.6. The number of hydrogen-bond acceptors (Lipinski definition) is 8. The molecule has 0 heterocycles. The first-order valence-corrected chi connectivity index (χ1v) is 13.5. The van der Waals surface area contributed by atoms with E-state index in [1.165, 1.54) is 23.9 Å². The number of carbonyl (C=O) groups is 2. The van der Waals surface area contributed by atoms with Gasteiger partial charge in [-0.2, -0.15) is 0 Å². The van der Waals surface area contributed by atoms with Crippen molar-refractivity contribution < 1.29 is 24.5 Å². The molecule has 5 rings (SSSR count). The van der Waals surface area contributed by atoms with E-state index in [-0.39, 0.29) is 34.4 Å². The fourth-order valence-corrected chi connectivity index (χ4v) is 4.21. The van der Waals surface area contributed by atoms with Gasteiger partial charge in [0.05, 0.1) is 5.69 Å². The predicted molar refractivity (Wildman–Crippen MR) is 171 cm³/mol. The number of benzene rings is 5. The third-order valence-electron chi connectivity index (χ3n) is 6.65. The van der Waals surface area contributed by atoms with E-state index in [0.29, 0.717) is 29.3 Å². The van der Waals surface area contributed by atoms with Gasteiger partial charge in [-0.25, -0.2) is 4.79 Å². The number of anilines is 3. The van der Waals surface area contributed by atoms with Crippen molar-refractivity contribution >= 4 is 39.7 Å². The van der Waals surface area contributed by atoms with Gasteiger partial charge in [0, 0.05) is 43.0 Å². The summed E-state index contributed by atoms with van der Waals surface area (Å²) in [5.41, 5.74) is 14.9. The van der Waals surface area contributed by atoms with E-state index in [0.717, 1.165) is 11.3 Å². The topological polar surface area (TPSA) is 151 Å². The average molecular weight is 579 g/mol. The van der Waals surface area contributed by atoms with Gasteiger partial charge in [0.25, 0.3) is 5.91 Å². The highest BCUT2D eigenvalue weighted by molar-refractivity contribution is 6.05. The first kappa shape index (κ1) is 30.3. The Balaban J connectivity index is 0.000000359. The molecule has 0 aliphatic carbocycles. The van der Waals surface area contributed by atoms with Crippen LogP contribution in [0.15, 0.2) is 103 Å². The monoisotopic (exact) mass is 578 g/mol. The highest BCUT2D eigenvalue weighted by atomic mass is 16.5. The Hall–Kier alpha value is -5.70. The van der Waals surface area contributed by atoms with Crippen LogP contribution >= 0.6 is 0 Å². The van der Waals surface area contributed by atoms with E-state index < -0.39 is 5.97 Å². The molecule has 5 aromatic carbocycles. The first-order valence-electron chi connectivity index (χ1n) is 13.5. The summed E-state index contributed by atoms with van der Waals surface area (Å²) in [6.45, 7) is 0.434. The standard InChI is InChI=1S/C26H22N2O5.C8H12N2/c27-23-21-4-2-1-3-18(21)15-22(24(23)30)26(32)33-20-11-7-17(8-12-20)25(31)28-14-13-16-5-9-19(29)10-6-16;1-10(2)8-5-3-7(9)4-6-8/h1-12,15,29-30H,13-14,27H2,(H,28,31);3-6H,9H2,1-2H3. The number of phenolic OH excluding ortho intramolecular Hbond substituents is 2. The van der Waals surface area contributed by atoms with Crippen molar-refractivity contribution in [3.05, 3.63) is 120 Å². The smallest absolute Gasteiger partial charge is 0.347 e. The third kappa shape index (κ3) is 7.95. The molecule has 0 fully saturated rings. The number of phenols is 2. The van der Waals surface area contributed by atoms with Gasteiger partial charge in [-0.05, 0) is 84.1 Å². The second-order valence-electron chi connectivity index (χ2n) is 9.98. The molecule has 9 heteroatoms. The fraction of sp³-hybridized carbons (Fsp3) is 0.118. The third-order valence-corrected chi connectivity index (χ3v) is 6.65. The van der Waals surface area contributed by atoms with E-state index in [9.17, 15) is 19.8 Å². The second kappa shape index (κ2) is 13.8. The van der Waals surface area contributed by atoms with Crippen LogP contribution in [0.3, 0.4) is 0 Å². The largest absolute Gasteiger partial charge is 0.508 e. The molecule has 0 aromatic heterocycles. The molecule has 1 amide bonds. The molecule has 0 spiro atoms. The average Bonchev–Trinajstić information content (AvgIpc) is 3.01. The van der Waals surface area contributed by atoms with Crippen LogP contribution in [0, 0.1) is 0 Å². The number of nitrogens with zero attached hydrogens (tertiary/aromatic N) is 1. The molecule has 0 atom stereocenters. The van der Waals surface area contributed by atoms with Crippen LogP contribution < -0.4 is 26.4 Å². The van der Waals surface area contributed by atoms with Crippen molar-refractivity contribution in [2.45, 2.75) is 6.42 Å². The summed E-state index contributed by atoms with van der Waals surface area (Å²) >= 11 is 0. The summed E-state index contributed by atoms with van der Waals surface area (Å²) in [7, 11) is 4.01. The van der Waals surface area contributed by atoms with Crippen LogP contribution in [0.25, 0.3) is 10.8 Å². The summed E-state index contributed by atoms with van der Waals surface area (Å²) in [5, 5.41) is 23.8. The Bertz CT molecular complexity index is 1700. The lowest BCUT2D eigenvalue weighted by Crippen LogP contribution is -2.25. The highest BCUT2D eigenvalue weighted by Crippen LogP contribution is 2.34. The Labute approximate surface area is 249 Å². The summed E-state index contributed by atoms with van der Waals surface area (Å²) in [6.07, 6.45) is 0.625. The van der Waals surface area contributed by atoms with E-state index in [4.69, 9.17) is 16.2 Å². The Kier molecular flexibility index (Phi) is 9.70. The van der Waals surface area contributed by atoms with Crippen LogP contribution in [0.4, 0.5) is 17.1 Å². The number of nitrogens with two attached hydrogens (primary N) is 2. The quantitative estimate of drug-likeness (QED) is 0.0749. The van der Waals surface area contributed by atoms with Crippen molar-refractivity contribution in [3.63, 3.8) is 0 Å². The molecule has 0 bridgehead atoms. The van der Waals surface area contributed by atoms with E-state index in [1.807, 2.05) is 49.3 Å². The molecular formula is C34H34N4O5. The van der Waals surface area contributed by atoms with Gasteiger partial charge in [0.2, 0.25) is 0 Å². The van der Waals surface area contributed by atoms with Gasteiger partial charge < -0.3 is 36.6 Å². The number of hydrogen-bond donors (Lipinski definition) is 5. The number of esters is 1. The number of ether oxygens (including phenoxy) is 1. The second-order valence-corrected chi connectivity index (χ2v) is 9.98. The van der Waals surface area contributed by atoms with E-state index in [2.05, 4.69) is 5.32 Å². The van der Waals surface area contributed by atoms with Crippen LogP contribution in [-0.2, 0) is 6.42 Å². The number of carbonyl (C=O) groups excluding carboxylic acids is 2. The number of nitrogen functional groups attached to an aromatic ring is 2. The minimum atomic E-state index is -0.754. The van der Waals surface area contributed by atoms with Gasteiger partial charge in [-0.15, -0.1) is 0 Å². The lowest BCUT2D eigenvalue weighted by molar-refractivity contribution is 0.0732. The first-order chi connectivity index (χ1) is 20.6. The van der Waals surface area contributed by atoms with Crippen LogP contribution in [0.2, 0.25) is 0 Å². The summed E-state index contributed by atoms with van der Waals surface area (Å²) in [4.78, 5) is 27.0. The van der Waals surface area contributed by atoms with Crippen LogP contribution in [-0.4, -0.2) is 42.7 Å². The number of rotatable bonds is 7. The molecule has 9 nitrogen and oxygen atoms in total. The number of aromatic hydroxyl groups is 2. The SMILES string of the molecule is CN(C)c1ccc(N)cc1.Nc1c(O)c(C(=O)Oc2ccc(C(=O)NCCc3ccc(O)cc3)cc2)cc2ccccc12. The number of nitrogens with one attached hydrogen (secondary N) is 1. The number of amides is 1. The van der Waals surface area contributed by atoms with Gasteiger partial charge >= 0.3 is 5.97 Å². The maximum atomic E-state index is 12.6. The van der Waals surface area contributed by atoms with Crippen LogP contribution in [0.1, 0.15) is 26.3 Å². The maximum Gasteiger partial charge on any atom is 0.347 e. The van der Waals surface area contributed by atoms with Crippen molar-refractivity contribution in [2.24, 2.45) is 0 Å². The molecular weight excluding hydrogens is 544 g/mol. The zero-order valence-electron chi connectivity index (χ0n) is 24.0. The normalized spacial score (nSPS) is 10.4. The zero-order valence-corrected chi connectivity index (χ0v) is 24.0.